The standard InChI is InChI=1S/C12H11N3O3/c16-14-10(6-15-4-3-13-7-15)9-1-2-11-12(5-9)18-8-17-11/h1-5,7,16H,6,8H2/b14-10+. The SMILES string of the molecule is O/N=C(\Cn1ccnc1)c1ccc2c(c1)OCO2. The molecular formula is C12H11N3O3. The van der Waals surface area contributed by atoms with Crippen LogP contribution in [0.15, 0.2) is 42.1 Å². The molecular weight excluding hydrogens is 234 g/mol. The van der Waals surface area contributed by atoms with Gasteiger partial charge in [-0.05, 0) is 18.2 Å². The average molecular weight is 245 g/mol. The molecule has 2 aromatic rings. The Kier molecular flexibility index (Phi) is 2.60. The van der Waals surface area contributed by atoms with E-state index in [4.69, 9.17) is 14.7 Å². The fraction of sp³-hybridized carbons (Fsp3) is 0.167. The van der Waals surface area contributed by atoms with Crippen molar-refractivity contribution in [3.05, 3.63) is 42.5 Å². The van der Waals surface area contributed by atoms with E-state index in [1.165, 1.54) is 0 Å². The van der Waals surface area contributed by atoms with Crippen molar-refractivity contribution in [2.45, 2.75) is 6.54 Å². The van der Waals surface area contributed by atoms with Crippen molar-refractivity contribution in [2.24, 2.45) is 5.16 Å². The second kappa shape index (κ2) is 4.40. The van der Waals surface area contributed by atoms with Gasteiger partial charge in [-0.25, -0.2) is 4.98 Å². The summed E-state index contributed by atoms with van der Waals surface area (Å²) in [6, 6.07) is 5.44. The van der Waals surface area contributed by atoms with Crippen LogP contribution in [0.1, 0.15) is 5.56 Å². The molecule has 0 saturated carbocycles. The van der Waals surface area contributed by atoms with Gasteiger partial charge in [0.1, 0.15) is 5.71 Å². The molecule has 0 atom stereocenters. The van der Waals surface area contributed by atoms with Crippen LogP contribution in [0, 0.1) is 0 Å². The third-order valence-corrected chi connectivity index (χ3v) is 2.72. The Balaban J connectivity index is 1.88. The summed E-state index contributed by atoms with van der Waals surface area (Å²) in [6.07, 6.45) is 5.14. The molecule has 0 radical (unpaired) electrons. The van der Waals surface area contributed by atoms with Crippen molar-refractivity contribution in [1.29, 1.82) is 0 Å². The van der Waals surface area contributed by atoms with Crippen LogP contribution in [0.2, 0.25) is 0 Å². The average Bonchev–Trinajstić information content (AvgIpc) is 3.06. The summed E-state index contributed by atoms with van der Waals surface area (Å²) in [5.74, 6) is 1.37. The number of rotatable bonds is 3. The van der Waals surface area contributed by atoms with Crippen LogP contribution in [0.3, 0.4) is 0 Å². The van der Waals surface area contributed by atoms with Crippen molar-refractivity contribution in [2.75, 3.05) is 6.79 Å². The normalized spacial score (nSPS) is 13.9. The van der Waals surface area contributed by atoms with E-state index < -0.39 is 0 Å². The molecule has 2 heterocycles. The number of aromatic nitrogens is 2. The molecule has 6 heteroatoms. The zero-order valence-corrected chi connectivity index (χ0v) is 9.48. The molecule has 0 spiro atoms. The Morgan fingerprint density at radius 1 is 1.39 bits per heavy atom. The molecule has 1 N–H and O–H groups in total. The van der Waals surface area contributed by atoms with Crippen molar-refractivity contribution in [1.82, 2.24) is 9.55 Å². The summed E-state index contributed by atoms with van der Waals surface area (Å²) in [5, 5.41) is 12.4. The molecule has 1 aliphatic rings. The van der Waals surface area contributed by atoms with E-state index in [1.54, 1.807) is 30.9 Å². The van der Waals surface area contributed by atoms with Gasteiger partial charge in [0, 0.05) is 18.0 Å². The van der Waals surface area contributed by atoms with Crippen molar-refractivity contribution < 1.29 is 14.7 Å². The van der Waals surface area contributed by atoms with Gasteiger partial charge in [-0.3, -0.25) is 0 Å². The number of fused-ring (bicyclic) bond motifs is 1. The molecule has 0 bridgehead atoms. The van der Waals surface area contributed by atoms with Gasteiger partial charge in [-0.1, -0.05) is 5.16 Å². The van der Waals surface area contributed by atoms with Crippen LogP contribution in [-0.2, 0) is 6.54 Å². The van der Waals surface area contributed by atoms with E-state index in [0.717, 1.165) is 5.56 Å². The highest BCUT2D eigenvalue weighted by Crippen LogP contribution is 2.32. The van der Waals surface area contributed by atoms with E-state index >= 15 is 0 Å². The van der Waals surface area contributed by atoms with E-state index in [1.807, 2.05) is 10.6 Å². The molecule has 1 aromatic carbocycles. The van der Waals surface area contributed by atoms with Crippen LogP contribution in [0.5, 0.6) is 11.5 Å². The molecule has 0 aliphatic carbocycles. The number of nitrogens with zero attached hydrogens (tertiary/aromatic N) is 3. The lowest BCUT2D eigenvalue weighted by Gasteiger charge is -2.06. The highest BCUT2D eigenvalue weighted by Gasteiger charge is 2.15. The van der Waals surface area contributed by atoms with E-state index in [-0.39, 0.29) is 6.79 Å². The number of hydrogen-bond donors (Lipinski definition) is 1. The fourth-order valence-electron chi connectivity index (χ4n) is 1.81. The van der Waals surface area contributed by atoms with Gasteiger partial charge in [-0.15, -0.1) is 0 Å². The van der Waals surface area contributed by atoms with Gasteiger partial charge in [0.05, 0.1) is 12.9 Å². The van der Waals surface area contributed by atoms with Crippen LogP contribution in [0.4, 0.5) is 0 Å². The van der Waals surface area contributed by atoms with Crippen LogP contribution in [-0.4, -0.2) is 27.3 Å². The Hall–Kier alpha value is -2.50. The molecule has 0 unspecified atom stereocenters. The van der Waals surface area contributed by atoms with E-state index in [2.05, 4.69) is 10.1 Å². The molecule has 1 aliphatic heterocycles. The molecule has 18 heavy (non-hydrogen) atoms. The quantitative estimate of drug-likeness (QED) is 0.505. The van der Waals surface area contributed by atoms with Gasteiger partial charge in [0.25, 0.3) is 0 Å². The van der Waals surface area contributed by atoms with Gasteiger partial charge in [0.2, 0.25) is 6.79 Å². The first kappa shape index (κ1) is 10.6. The van der Waals surface area contributed by atoms with Crippen LogP contribution >= 0.6 is 0 Å². The number of ether oxygens (including phenoxy) is 2. The lowest BCUT2D eigenvalue weighted by Crippen LogP contribution is -2.10. The van der Waals surface area contributed by atoms with Gasteiger partial charge in [-0.2, -0.15) is 0 Å². The second-order valence-electron chi connectivity index (χ2n) is 3.85. The maximum absolute atomic E-state index is 9.11. The number of benzene rings is 1. The van der Waals surface area contributed by atoms with Crippen molar-refractivity contribution in [3.63, 3.8) is 0 Å². The monoisotopic (exact) mass is 245 g/mol. The molecule has 0 saturated heterocycles. The minimum Gasteiger partial charge on any atom is -0.454 e. The van der Waals surface area contributed by atoms with E-state index in [9.17, 15) is 0 Å². The topological polar surface area (TPSA) is 68.9 Å². The van der Waals surface area contributed by atoms with Crippen LogP contribution in [0.25, 0.3) is 0 Å². The highest BCUT2D eigenvalue weighted by molar-refractivity contribution is 6.00. The minimum absolute atomic E-state index is 0.228. The smallest absolute Gasteiger partial charge is 0.231 e. The summed E-state index contributed by atoms with van der Waals surface area (Å²) >= 11 is 0. The van der Waals surface area contributed by atoms with E-state index in [0.29, 0.717) is 23.8 Å². The Labute approximate surface area is 103 Å². The number of imidazole rings is 1. The molecule has 6 nitrogen and oxygen atoms in total. The number of oxime groups is 1. The highest BCUT2D eigenvalue weighted by atomic mass is 16.7. The first-order valence-electron chi connectivity index (χ1n) is 5.43. The zero-order valence-electron chi connectivity index (χ0n) is 9.48. The Bertz CT molecular complexity index is 578. The first-order chi connectivity index (χ1) is 8.86. The fourth-order valence-corrected chi connectivity index (χ4v) is 1.81. The minimum atomic E-state index is 0.228. The molecule has 1 aromatic heterocycles. The maximum Gasteiger partial charge on any atom is 0.231 e. The zero-order chi connectivity index (χ0) is 12.4. The van der Waals surface area contributed by atoms with Gasteiger partial charge < -0.3 is 19.2 Å². The lowest BCUT2D eigenvalue weighted by molar-refractivity contribution is 0.174. The Morgan fingerprint density at radius 3 is 3.06 bits per heavy atom. The summed E-state index contributed by atoms with van der Waals surface area (Å²) < 4.78 is 12.3. The maximum atomic E-state index is 9.11. The van der Waals surface area contributed by atoms with Gasteiger partial charge >= 0.3 is 0 Å². The van der Waals surface area contributed by atoms with Crippen molar-refractivity contribution in [3.8, 4) is 11.5 Å². The summed E-state index contributed by atoms with van der Waals surface area (Å²) in [6.45, 7) is 0.669. The Morgan fingerprint density at radius 2 is 2.28 bits per heavy atom. The molecule has 0 amide bonds. The lowest BCUT2D eigenvalue weighted by atomic mass is 10.1. The largest absolute Gasteiger partial charge is 0.454 e. The summed E-state index contributed by atoms with van der Waals surface area (Å²) in [4.78, 5) is 3.94. The second-order valence-corrected chi connectivity index (χ2v) is 3.85. The first-order valence-corrected chi connectivity index (χ1v) is 5.43. The molecule has 92 valence electrons. The van der Waals surface area contributed by atoms with Crippen LogP contribution < -0.4 is 9.47 Å². The summed E-state index contributed by atoms with van der Waals surface area (Å²) in [7, 11) is 0. The summed E-state index contributed by atoms with van der Waals surface area (Å²) in [5.41, 5.74) is 1.32. The molecule has 3 rings (SSSR count). The number of hydrogen-bond acceptors (Lipinski definition) is 5. The van der Waals surface area contributed by atoms with Gasteiger partial charge in [0.15, 0.2) is 11.5 Å². The third-order valence-electron chi connectivity index (χ3n) is 2.72. The van der Waals surface area contributed by atoms with Crippen molar-refractivity contribution >= 4 is 5.71 Å². The molecule has 0 fully saturated rings. The predicted molar refractivity (Wildman–Crippen MR) is 63.1 cm³/mol. The third kappa shape index (κ3) is 1.88. The predicted octanol–water partition coefficient (Wildman–Crippen LogP) is 1.49.